The van der Waals surface area contributed by atoms with E-state index in [0.29, 0.717) is 23.8 Å². The van der Waals surface area contributed by atoms with Gasteiger partial charge in [-0.2, -0.15) is 10.2 Å². The summed E-state index contributed by atoms with van der Waals surface area (Å²) in [4.78, 5) is 6.44. The van der Waals surface area contributed by atoms with Crippen LogP contribution >= 0.6 is 15.9 Å². The van der Waals surface area contributed by atoms with E-state index in [-0.39, 0.29) is 0 Å². The monoisotopic (exact) mass is 346 g/mol. The summed E-state index contributed by atoms with van der Waals surface area (Å²) < 4.78 is 2.71. The molecule has 3 heterocycles. The van der Waals surface area contributed by atoms with Crippen molar-refractivity contribution in [2.75, 3.05) is 18.4 Å². The zero-order valence-electron chi connectivity index (χ0n) is 11.4. The predicted molar refractivity (Wildman–Crippen MR) is 81.5 cm³/mol. The number of pyridine rings is 1. The molecule has 2 atom stereocenters. The van der Waals surface area contributed by atoms with Crippen molar-refractivity contribution in [2.45, 2.75) is 18.9 Å². The summed E-state index contributed by atoms with van der Waals surface area (Å²) in [5.74, 6) is 1.70. The van der Waals surface area contributed by atoms with Gasteiger partial charge in [0.1, 0.15) is 0 Å². The van der Waals surface area contributed by atoms with Gasteiger partial charge in [-0.25, -0.2) is 4.52 Å². The highest BCUT2D eigenvalue weighted by Gasteiger charge is 2.42. The smallest absolute Gasteiger partial charge is 0.243 e. The molecule has 0 aromatic carbocycles. The Bertz CT molecular complexity index is 706. The van der Waals surface area contributed by atoms with Gasteiger partial charge in [0.2, 0.25) is 5.95 Å². The Morgan fingerprint density at radius 2 is 2.10 bits per heavy atom. The number of aromatic nitrogens is 3. The van der Waals surface area contributed by atoms with E-state index in [1.807, 2.05) is 23.2 Å². The SMILES string of the molecule is N#CN1CC2CCC(C1)C2Nc1nc2c(Br)cccn2n1. The fourth-order valence-electron chi connectivity index (χ4n) is 3.62. The summed E-state index contributed by atoms with van der Waals surface area (Å²) in [6, 6.07) is 4.28. The first-order chi connectivity index (χ1) is 10.2. The number of anilines is 1. The van der Waals surface area contributed by atoms with E-state index in [1.165, 1.54) is 12.8 Å². The molecular weight excluding hydrogens is 332 g/mol. The molecule has 108 valence electrons. The van der Waals surface area contributed by atoms with E-state index in [1.54, 1.807) is 4.52 Å². The molecule has 1 aliphatic heterocycles. The minimum Gasteiger partial charge on any atom is -0.349 e. The number of hydrogen-bond donors (Lipinski definition) is 1. The van der Waals surface area contributed by atoms with Crippen molar-refractivity contribution in [1.82, 2.24) is 19.5 Å². The van der Waals surface area contributed by atoms with Gasteiger partial charge < -0.3 is 10.2 Å². The second-order valence-corrected chi connectivity index (χ2v) is 6.69. The van der Waals surface area contributed by atoms with E-state index in [0.717, 1.165) is 23.2 Å². The maximum Gasteiger partial charge on any atom is 0.243 e. The predicted octanol–water partition coefficient (Wildman–Crippen LogP) is 2.10. The minimum absolute atomic E-state index is 0.380. The van der Waals surface area contributed by atoms with Crippen molar-refractivity contribution in [2.24, 2.45) is 11.8 Å². The summed E-state index contributed by atoms with van der Waals surface area (Å²) in [6.07, 6.45) is 6.53. The summed E-state index contributed by atoms with van der Waals surface area (Å²) in [5.41, 5.74) is 0.821. The van der Waals surface area contributed by atoms with Crippen LogP contribution in [0.15, 0.2) is 22.8 Å². The third-order valence-corrected chi connectivity index (χ3v) is 5.20. The lowest BCUT2D eigenvalue weighted by Gasteiger charge is -2.35. The van der Waals surface area contributed by atoms with Gasteiger partial charge >= 0.3 is 0 Å². The first-order valence-electron chi connectivity index (χ1n) is 7.16. The number of nitriles is 1. The molecule has 2 bridgehead atoms. The number of fused-ring (bicyclic) bond motifs is 3. The molecule has 21 heavy (non-hydrogen) atoms. The van der Waals surface area contributed by atoms with Gasteiger partial charge in [0.05, 0.1) is 4.47 Å². The van der Waals surface area contributed by atoms with Crippen LogP contribution in [0.1, 0.15) is 12.8 Å². The molecule has 0 radical (unpaired) electrons. The first-order valence-corrected chi connectivity index (χ1v) is 7.96. The fourth-order valence-corrected chi connectivity index (χ4v) is 4.05. The van der Waals surface area contributed by atoms with Crippen LogP contribution in [0.3, 0.4) is 0 Å². The van der Waals surface area contributed by atoms with Crippen LogP contribution in [0.2, 0.25) is 0 Å². The molecule has 2 aromatic heterocycles. The average molecular weight is 347 g/mol. The highest BCUT2D eigenvalue weighted by molar-refractivity contribution is 9.10. The number of halogens is 1. The Morgan fingerprint density at radius 1 is 1.33 bits per heavy atom. The Labute approximate surface area is 130 Å². The Balaban J connectivity index is 1.58. The number of nitrogens with one attached hydrogen (secondary N) is 1. The number of likely N-dealkylation sites (tertiary alicyclic amines) is 1. The molecule has 2 aliphatic rings. The van der Waals surface area contributed by atoms with E-state index in [2.05, 4.69) is 37.5 Å². The van der Waals surface area contributed by atoms with Crippen LogP contribution < -0.4 is 5.32 Å². The van der Waals surface area contributed by atoms with Crippen LogP contribution in [0.4, 0.5) is 5.95 Å². The molecule has 7 heteroatoms. The van der Waals surface area contributed by atoms with Crippen molar-refractivity contribution in [3.05, 3.63) is 22.8 Å². The molecule has 2 unspecified atom stereocenters. The lowest BCUT2D eigenvalue weighted by molar-refractivity contribution is 0.217. The van der Waals surface area contributed by atoms with Crippen molar-refractivity contribution >= 4 is 27.5 Å². The molecule has 6 nitrogen and oxygen atoms in total. The van der Waals surface area contributed by atoms with Crippen LogP contribution in [-0.2, 0) is 0 Å². The summed E-state index contributed by atoms with van der Waals surface area (Å²) in [7, 11) is 0. The Hall–Kier alpha value is -1.81. The highest BCUT2D eigenvalue weighted by Crippen LogP contribution is 2.38. The summed E-state index contributed by atoms with van der Waals surface area (Å²) in [6.45, 7) is 1.70. The zero-order chi connectivity index (χ0) is 14.4. The van der Waals surface area contributed by atoms with E-state index >= 15 is 0 Å². The molecular formula is C14H15BrN6. The number of nitrogens with zero attached hydrogens (tertiary/aromatic N) is 5. The molecule has 1 aliphatic carbocycles. The molecule has 2 fully saturated rings. The van der Waals surface area contributed by atoms with Gasteiger partial charge in [-0.05, 0) is 52.7 Å². The number of rotatable bonds is 2. The molecule has 1 saturated carbocycles. The van der Waals surface area contributed by atoms with Gasteiger partial charge in [0.25, 0.3) is 0 Å². The van der Waals surface area contributed by atoms with E-state index in [4.69, 9.17) is 5.26 Å². The van der Waals surface area contributed by atoms with Crippen molar-refractivity contribution in [3.8, 4) is 6.19 Å². The van der Waals surface area contributed by atoms with E-state index in [9.17, 15) is 0 Å². The third-order valence-electron chi connectivity index (χ3n) is 4.59. The summed E-state index contributed by atoms with van der Waals surface area (Å²) in [5, 5.41) is 17.1. The zero-order valence-corrected chi connectivity index (χ0v) is 13.0. The quantitative estimate of drug-likeness (QED) is 0.843. The lowest BCUT2D eigenvalue weighted by Crippen LogP contribution is -2.46. The topological polar surface area (TPSA) is 69.2 Å². The standard InChI is InChI=1S/C14H15BrN6/c15-11-2-1-5-21-13(11)18-14(19-21)17-12-9-3-4-10(12)7-20(6-9)8-16/h1-2,5,9-10,12H,3-4,6-7H2,(H,17,19). The second-order valence-electron chi connectivity index (χ2n) is 5.83. The van der Waals surface area contributed by atoms with Gasteiger partial charge in [-0.15, -0.1) is 5.10 Å². The maximum atomic E-state index is 9.08. The minimum atomic E-state index is 0.380. The van der Waals surface area contributed by atoms with Crippen molar-refractivity contribution < 1.29 is 0 Å². The maximum absolute atomic E-state index is 9.08. The molecule has 0 amide bonds. The normalized spacial score (nSPS) is 27.8. The molecule has 0 spiro atoms. The first kappa shape index (κ1) is 12.9. The van der Waals surface area contributed by atoms with Gasteiger partial charge in [-0.1, -0.05) is 0 Å². The molecule has 2 aromatic rings. The van der Waals surface area contributed by atoms with E-state index < -0.39 is 0 Å². The van der Waals surface area contributed by atoms with Crippen molar-refractivity contribution in [3.63, 3.8) is 0 Å². The average Bonchev–Trinajstić information content (AvgIpc) is 2.98. The fraction of sp³-hybridized carbons (Fsp3) is 0.500. The van der Waals surface area contributed by atoms with Crippen LogP contribution in [0.25, 0.3) is 5.65 Å². The third kappa shape index (κ3) is 2.14. The highest BCUT2D eigenvalue weighted by atomic mass is 79.9. The lowest BCUT2D eigenvalue weighted by atomic mass is 9.92. The molecule has 1 saturated heterocycles. The van der Waals surface area contributed by atoms with Crippen LogP contribution in [0, 0.1) is 23.3 Å². The Morgan fingerprint density at radius 3 is 2.76 bits per heavy atom. The largest absolute Gasteiger partial charge is 0.349 e. The number of piperidine rings is 1. The Kier molecular flexibility index (Phi) is 3.00. The number of hydrogen-bond acceptors (Lipinski definition) is 5. The van der Waals surface area contributed by atoms with Crippen molar-refractivity contribution in [1.29, 1.82) is 5.26 Å². The summed E-state index contributed by atoms with van der Waals surface area (Å²) >= 11 is 3.49. The van der Waals surface area contributed by atoms with Gasteiger partial charge in [0.15, 0.2) is 11.8 Å². The molecule has 4 rings (SSSR count). The van der Waals surface area contributed by atoms with Gasteiger partial charge in [-0.3, -0.25) is 0 Å². The van der Waals surface area contributed by atoms with Crippen LogP contribution in [-0.4, -0.2) is 38.6 Å². The van der Waals surface area contributed by atoms with Gasteiger partial charge in [0, 0.05) is 25.3 Å². The van der Waals surface area contributed by atoms with Crippen LogP contribution in [0.5, 0.6) is 0 Å². The molecule has 1 N–H and O–H groups in total. The second kappa shape index (κ2) is 4.88.